The van der Waals surface area contributed by atoms with Crippen LogP contribution in [0.4, 0.5) is 18.9 Å². The molecule has 0 unspecified atom stereocenters. The normalized spacial score (nSPS) is 21.2. The summed E-state index contributed by atoms with van der Waals surface area (Å²) in [6, 6.07) is 4.88. The fourth-order valence-corrected chi connectivity index (χ4v) is 2.51. The summed E-state index contributed by atoms with van der Waals surface area (Å²) in [6.07, 6.45) is -3.01. The topological polar surface area (TPSA) is 29.4 Å². The zero-order valence-electron chi connectivity index (χ0n) is 11.4. The number of nitrogens with zero attached hydrogens (tertiary/aromatic N) is 1. The van der Waals surface area contributed by atoms with E-state index in [4.69, 9.17) is 0 Å². The van der Waals surface area contributed by atoms with E-state index < -0.39 is 11.7 Å². The SMILES string of the molecule is CC1(C)CC(=O)CC(=Nc2cccc(C(F)(F)F)c2)C1. The van der Waals surface area contributed by atoms with Crippen molar-refractivity contribution in [3.05, 3.63) is 29.8 Å². The molecule has 0 aliphatic heterocycles. The third-order valence-electron chi connectivity index (χ3n) is 3.22. The maximum Gasteiger partial charge on any atom is 0.416 e. The number of hydrogen-bond acceptors (Lipinski definition) is 2. The quantitative estimate of drug-likeness (QED) is 0.743. The predicted molar refractivity (Wildman–Crippen MR) is 71.2 cm³/mol. The van der Waals surface area contributed by atoms with E-state index in [2.05, 4.69) is 4.99 Å². The molecule has 1 aliphatic rings. The lowest BCUT2D eigenvalue weighted by Gasteiger charge is -2.29. The maximum atomic E-state index is 12.6. The summed E-state index contributed by atoms with van der Waals surface area (Å²) < 4.78 is 37.9. The van der Waals surface area contributed by atoms with E-state index in [1.165, 1.54) is 12.1 Å². The third kappa shape index (κ3) is 3.68. The van der Waals surface area contributed by atoms with E-state index in [0.717, 1.165) is 12.1 Å². The van der Waals surface area contributed by atoms with Crippen molar-refractivity contribution < 1.29 is 18.0 Å². The molecule has 0 amide bonds. The highest BCUT2D eigenvalue weighted by Crippen LogP contribution is 2.34. The molecule has 0 aromatic heterocycles. The molecule has 2 nitrogen and oxygen atoms in total. The fraction of sp³-hybridized carbons (Fsp3) is 0.467. The van der Waals surface area contributed by atoms with Crippen LogP contribution in [0.5, 0.6) is 0 Å². The Morgan fingerprint density at radius 1 is 1.20 bits per heavy atom. The lowest BCUT2D eigenvalue weighted by Crippen LogP contribution is -2.28. The van der Waals surface area contributed by atoms with Crippen LogP contribution in [0.15, 0.2) is 29.3 Å². The first-order valence-electron chi connectivity index (χ1n) is 6.41. The molecule has 0 atom stereocenters. The van der Waals surface area contributed by atoms with E-state index in [1.54, 1.807) is 0 Å². The number of rotatable bonds is 1. The first-order valence-corrected chi connectivity index (χ1v) is 6.41. The molecule has 20 heavy (non-hydrogen) atoms. The van der Waals surface area contributed by atoms with Gasteiger partial charge in [0, 0.05) is 18.6 Å². The van der Waals surface area contributed by atoms with Crippen LogP contribution in [-0.2, 0) is 11.0 Å². The van der Waals surface area contributed by atoms with Crippen LogP contribution in [0.3, 0.4) is 0 Å². The smallest absolute Gasteiger partial charge is 0.299 e. The second-order valence-corrected chi connectivity index (χ2v) is 5.96. The minimum absolute atomic E-state index is 0.0898. The van der Waals surface area contributed by atoms with Crippen molar-refractivity contribution >= 4 is 17.2 Å². The molecule has 0 heterocycles. The molecule has 0 spiro atoms. The molecular weight excluding hydrogens is 267 g/mol. The van der Waals surface area contributed by atoms with Crippen LogP contribution in [-0.4, -0.2) is 11.5 Å². The Balaban J connectivity index is 2.29. The fourth-order valence-electron chi connectivity index (χ4n) is 2.51. The summed E-state index contributed by atoms with van der Waals surface area (Å²) in [5.74, 6) is 0.0898. The number of Topliss-reactive ketones (excluding diaryl/α,β-unsaturated/α-hetero) is 1. The van der Waals surface area contributed by atoms with Gasteiger partial charge in [-0.3, -0.25) is 9.79 Å². The molecule has 2 rings (SSSR count). The highest BCUT2D eigenvalue weighted by Gasteiger charge is 2.32. The van der Waals surface area contributed by atoms with Crippen LogP contribution in [0.25, 0.3) is 0 Å². The Bertz CT molecular complexity index is 558. The van der Waals surface area contributed by atoms with E-state index in [1.807, 2.05) is 13.8 Å². The Morgan fingerprint density at radius 3 is 2.50 bits per heavy atom. The number of halogens is 3. The minimum atomic E-state index is -4.38. The van der Waals surface area contributed by atoms with Crippen molar-refractivity contribution in [3.63, 3.8) is 0 Å². The average Bonchev–Trinajstić information content (AvgIpc) is 2.25. The zero-order valence-corrected chi connectivity index (χ0v) is 11.4. The number of hydrogen-bond donors (Lipinski definition) is 0. The van der Waals surface area contributed by atoms with Crippen LogP contribution in [0.2, 0.25) is 0 Å². The van der Waals surface area contributed by atoms with Crippen molar-refractivity contribution in [1.82, 2.24) is 0 Å². The van der Waals surface area contributed by atoms with Gasteiger partial charge in [0.15, 0.2) is 0 Å². The summed E-state index contributed by atoms with van der Waals surface area (Å²) in [6.45, 7) is 3.93. The van der Waals surface area contributed by atoms with Gasteiger partial charge in [0.2, 0.25) is 0 Å². The monoisotopic (exact) mass is 283 g/mol. The molecule has 1 fully saturated rings. The molecule has 0 bridgehead atoms. The molecular formula is C15H16F3NO. The van der Waals surface area contributed by atoms with E-state index >= 15 is 0 Å². The molecule has 1 aliphatic carbocycles. The van der Waals surface area contributed by atoms with Crippen LogP contribution < -0.4 is 0 Å². The Kier molecular flexibility index (Phi) is 3.71. The standard InChI is InChI=1S/C15H16F3NO/c1-14(2)8-12(7-13(20)9-14)19-11-5-3-4-10(6-11)15(16,17)18/h3-6H,7-9H2,1-2H3. The molecule has 0 N–H and O–H groups in total. The van der Waals surface area contributed by atoms with E-state index in [-0.39, 0.29) is 23.3 Å². The highest BCUT2D eigenvalue weighted by atomic mass is 19.4. The molecule has 0 radical (unpaired) electrons. The van der Waals surface area contributed by atoms with Crippen LogP contribution in [0.1, 0.15) is 38.7 Å². The van der Waals surface area contributed by atoms with Gasteiger partial charge in [0.1, 0.15) is 5.78 Å². The van der Waals surface area contributed by atoms with Crippen molar-refractivity contribution in [1.29, 1.82) is 0 Å². The average molecular weight is 283 g/mol. The summed E-state index contributed by atoms with van der Waals surface area (Å²) >= 11 is 0. The molecule has 1 aromatic rings. The number of carbonyl (C=O) groups excluding carboxylic acids is 1. The van der Waals surface area contributed by atoms with Crippen molar-refractivity contribution in [3.8, 4) is 0 Å². The molecule has 0 saturated heterocycles. The first kappa shape index (κ1) is 14.8. The van der Waals surface area contributed by atoms with Gasteiger partial charge in [0.25, 0.3) is 0 Å². The number of alkyl halides is 3. The summed E-state index contributed by atoms with van der Waals surface area (Å²) in [4.78, 5) is 15.9. The Morgan fingerprint density at radius 2 is 1.90 bits per heavy atom. The largest absolute Gasteiger partial charge is 0.416 e. The van der Waals surface area contributed by atoms with Crippen molar-refractivity contribution in [2.75, 3.05) is 0 Å². The summed E-state index contributed by atoms with van der Waals surface area (Å²) in [5, 5.41) is 0. The zero-order chi connectivity index (χ0) is 15.0. The van der Waals surface area contributed by atoms with Crippen molar-refractivity contribution in [2.24, 2.45) is 10.4 Å². The van der Waals surface area contributed by atoms with Gasteiger partial charge in [0.05, 0.1) is 11.3 Å². The molecule has 108 valence electrons. The van der Waals surface area contributed by atoms with E-state index in [9.17, 15) is 18.0 Å². The number of aliphatic imine (C=N–C) groups is 1. The second-order valence-electron chi connectivity index (χ2n) is 5.96. The number of carbonyl (C=O) groups is 1. The van der Waals surface area contributed by atoms with E-state index in [0.29, 0.717) is 18.6 Å². The minimum Gasteiger partial charge on any atom is -0.299 e. The van der Waals surface area contributed by atoms with Gasteiger partial charge < -0.3 is 0 Å². The molecule has 5 heteroatoms. The Labute approximate surface area is 115 Å². The third-order valence-corrected chi connectivity index (χ3v) is 3.22. The number of benzene rings is 1. The van der Waals surface area contributed by atoms with Gasteiger partial charge in [-0.15, -0.1) is 0 Å². The van der Waals surface area contributed by atoms with Gasteiger partial charge in [-0.25, -0.2) is 0 Å². The lowest BCUT2D eigenvalue weighted by molar-refractivity contribution is -0.137. The molecule has 1 aromatic carbocycles. The van der Waals surface area contributed by atoms with Gasteiger partial charge in [-0.05, 0) is 30.0 Å². The second kappa shape index (κ2) is 5.04. The first-order chi connectivity index (χ1) is 9.16. The van der Waals surface area contributed by atoms with Crippen LogP contribution in [0, 0.1) is 5.41 Å². The summed E-state index contributed by atoms with van der Waals surface area (Å²) in [5.41, 5.74) is 0.0159. The van der Waals surface area contributed by atoms with Gasteiger partial charge in [-0.2, -0.15) is 13.2 Å². The Hall–Kier alpha value is -1.65. The predicted octanol–water partition coefficient (Wildman–Crippen LogP) is 4.56. The van der Waals surface area contributed by atoms with Gasteiger partial charge in [-0.1, -0.05) is 19.9 Å². The highest BCUT2D eigenvalue weighted by molar-refractivity contribution is 6.05. The van der Waals surface area contributed by atoms with Crippen LogP contribution >= 0.6 is 0 Å². The maximum absolute atomic E-state index is 12.6. The molecule has 1 saturated carbocycles. The number of ketones is 1. The lowest BCUT2D eigenvalue weighted by atomic mass is 9.76. The summed E-state index contributed by atoms with van der Waals surface area (Å²) in [7, 11) is 0. The van der Waals surface area contributed by atoms with Crippen molar-refractivity contribution in [2.45, 2.75) is 39.3 Å². The van der Waals surface area contributed by atoms with Gasteiger partial charge >= 0.3 is 6.18 Å².